The first kappa shape index (κ1) is 11.6. The molecular formula is C13H8ClFO2. The van der Waals surface area contributed by atoms with Crippen LogP contribution in [0.25, 0.3) is 0 Å². The van der Waals surface area contributed by atoms with Crippen molar-refractivity contribution in [2.24, 2.45) is 0 Å². The Morgan fingerprint density at radius 2 is 1.82 bits per heavy atom. The summed E-state index contributed by atoms with van der Waals surface area (Å²) in [5.74, 6) is -0.843. The Morgan fingerprint density at radius 1 is 1.12 bits per heavy atom. The highest BCUT2D eigenvalue weighted by molar-refractivity contribution is 6.30. The average Bonchev–Trinajstić information content (AvgIpc) is 2.35. The van der Waals surface area contributed by atoms with E-state index >= 15 is 0 Å². The van der Waals surface area contributed by atoms with E-state index in [2.05, 4.69) is 0 Å². The van der Waals surface area contributed by atoms with Crippen LogP contribution in [-0.4, -0.2) is 5.97 Å². The number of carbonyl (C=O) groups is 1. The molecular weight excluding hydrogens is 243 g/mol. The maximum atomic E-state index is 12.9. The third-order valence-electron chi connectivity index (χ3n) is 2.11. The van der Waals surface area contributed by atoms with Gasteiger partial charge in [-0.15, -0.1) is 0 Å². The van der Waals surface area contributed by atoms with Gasteiger partial charge in [-0.1, -0.05) is 29.8 Å². The molecule has 2 aromatic rings. The summed E-state index contributed by atoms with van der Waals surface area (Å²) < 4.78 is 17.9. The zero-order valence-electron chi connectivity index (χ0n) is 8.69. The number of ether oxygens (including phenoxy) is 1. The molecule has 0 heterocycles. The van der Waals surface area contributed by atoms with Gasteiger partial charge in [-0.2, -0.15) is 0 Å². The number of rotatable bonds is 2. The maximum Gasteiger partial charge on any atom is 0.343 e. The number of carbonyl (C=O) groups excluding carboxylic acids is 1. The van der Waals surface area contributed by atoms with Crippen LogP contribution in [0.5, 0.6) is 5.75 Å². The van der Waals surface area contributed by atoms with Crippen LogP contribution in [0.3, 0.4) is 0 Å². The molecule has 0 fully saturated rings. The fraction of sp³-hybridized carbons (Fsp3) is 0. The fourth-order valence-electron chi connectivity index (χ4n) is 1.28. The van der Waals surface area contributed by atoms with Crippen LogP contribution in [0.15, 0.2) is 48.5 Å². The van der Waals surface area contributed by atoms with E-state index in [0.29, 0.717) is 5.56 Å². The van der Waals surface area contributed by atoms with E-state index in [9.17, 15) is 9.18 Å². The van der Waals surface area contributed by atoms with E-state index in [4.69, 9.17) is 16.3 Å². The Hall–Kier alpha value is -1.87. The number of halogens is 2. The van der Waals surface area contributed by atoms with Gasteiger partial charge in [-0.3, -0.25) is 0 Å². The molecule has 0 amide bonds. The second-order valence-electron chi connectivity index (χ2n) is 3.33. The monoisotopic (exact) mass is 250 g/mol. The molecule has 0 spiro atoms. The molecule has 2 nitrogen and oxygen atoms in total. The minimum Gasteiger partial charge on any atom is -0.423 e. The van der Waals surface area contributed by atoms with Gasteiger partial charge < -0.3 is 4.74 Å². The molecule has 0 aliphatic carbocycles. The van der Waals surface area contributed by atoms with Gasteiger partial charge in [0.05, 0.1) is 10.6 Å². The lowest BCUT2D eigenvalue weighted by Gasteiger charge is -2.04. The van der Waals surface area contributed by atoms with Crippen molar-refractivity contribution in [2.75, 3.05) is 0 Å². The molecule has 0 aromatic heterocycles. The summed E-state index contributed by atoms with van der Waals surface area (Å²) in [5.41, 5.74) is 0.424. The van der Waals surface area contributed by atoms with Crippen LogP contribution in [0, 0.1) is 5.82 Å². The lowest BCUT2D eigenvalue weighted by molar-refractivity contribution is 0.0734. The van der Waals surface area contributed by atoms with Crippen molar-refractivity contribution in [3.63, 3.8) is 0 Å². The van der Waals surface area contributed by atoms with E-state index in [1.807, 2.05) is 0 Å². The molecule has 0 unspecified atom stereocenters. The molecule has 86 valence electrons. The minimum absolute atomic E-state index is 0.0802. The summed E-state index contributed by atoms with van der Waals surface area (Å²) in [6.07, 6.45) is 0. The lowest BCUT2D eigenvalue weighted by atomic mass is 10.2. The highest BCUT2D eigenvalue weighted by Gasteiger charge is 2.09. The normalized spacial score (nSPS) is 10.0. The molecule has 2 aromatic carbocycles. The topological polar surface area (TPSA) is 26.3 Å². The third kappa shape index (κ3) is 2.82. The second kappa shape index (κ2) is 4.97. The van der Waals surface area contributed by atoms with Crippen LogP contribution in [-0.2, 0) is 0 Å². The number of esters is 1. The van der Waals surface area contributed by atoms with Gasteiger partial charge in [0.2, 0.25) is 0 Å². The maximum absolute atomic E-state index is 12.9. The first-order valence-electron chi connectivity index (χ1n) is 4.89. The summed E-state index contributed by atoms with van der Waals surface area (Å²) in [5, 5.41) is -0.0802. The molecule has 0 bridgehead atoms. The number of benzene rings is 2. The molecule has 0 aliphatic rings. The molecule has 0 atom stereocenters. The van der Waals surface area contributed by atoms with E-state index in [1.165, 1.54) is 12.1 Å². The minimum atomic E-state index is -0.550. The van der Waals surface area contributed by atoms with Gasteiger partial charge in [0.25, 0.3) is 0 Å². The van der Waals surface area contributed by atoms with Crippen LogP contribution in [0.2, 0.25) is 5.02 Å². The van der Waals surface area contributed by atoms with Crippen molar-refractivity contribution in [3.8, 4) is 5.75 Å². The molecule has 0 radical (unpaired) electrons. The molecule has 0 N–H and O–H groups in total. The van der Waals surface area contributed by atoms with Crippen molar-refractivity contribution in [1.82, 2.24) is 0 Å². The van der Waals surface area contributed by atoms with Crippen molar-refractivity contribution < 1.29 is 13.9 Å². The fourth-order valence-corrected chi connectivity index (χ4v) is 1.45. The molecule has 0 saturated heterocycles. The van der Waals surface area contributed by atoms with Gasteiger partial charge in [0.15, 0.2) is 0 Å². The summed E-state index contributed by atoms with van der Waals surface area (Å²) in [4.78, 5) is 11.7. The SMILES string of the molecule is O=C(Oc1ccc(F)c(Cl)c1)c1ccccc1. The molecule has 17 heavy (non-hydrogen) atoms. The Morgan fingerprint density at radius 3 is 2.47 bits per heavy atom. The van der Waals surface area contributed by atoms with Crippen molar-refractivity contribution in [1.29, 1.82) is 0 Å². The van der Waals surface area contributed by atoms with Crippen LogP contribution in [0.1, 0.15) is 10.4 Å². The van der Waals surface area contributed by atoms with Crippen molar-refractivity contribution in [2.45, 2.75) is 0 Å². The van der Waals surface area contributed by atoms with Crippen LogP contribution >= 0.6 is 11.6 Å². The predicted octanol–water partition coefficient (Wildman–Crippen LogP) is 3.70. The Labute approximate surface area is 103 Å². The standard InChI is InChI=1S/C13H8ClFO2/c14-11-8-10(6-7-12(11)15)17-13(16)9-4-2-1-3-5-9/h1-8H. The Bertz CT molecular complexity index is 540. The zero-order valence-corrected chi connectivity index (χ0v) is 9.45. The number of hydrogen-bond donors (Lipinski definition) is 0. The highest BCUT2D eigenvalue weighted by atomic mass is 35.5. The third-order valence-corrected chi connectivity index (χ3v) is 2.40. The summed E-state index contributed by atoms with van der Waals surface area (Å²) in [6, 6.07) is 12.3. The van der Waals surface area contributed by atoms with Gasteiger partial charge in [-0.25, -0.2) is 9.18 Å². The van der Waals surface area contributed by atoms with Crippen LogP contribution in [0.4, 0.5) is 4.39 Å². The van der Waals surface area contributed by atoms with Crippen LogP contribution < -0.4 is 4.74 Å². The van der Waals surface area contributed by atoms with E-state index in [-0.39, 0.29) is 10.8 Å². The molecule has 0 saturated carbocycles. The van der Waals surface area contributed by atoms with Gasteiger partial charge >= 0.3 is 5.97 Å². The van der Waals surface area contributed by atoms with Crippen molar-refractivity contribution in [3.05, 3.63) is 64.9 Å². The van der Waals surface area contributed by atoms with Crippen molar-refractivity contribution >= 4 is 17.6 Å². The van der Waals surface area contributed by atoms with Gasteiger partial charge in [-0.05, 0) is 24.3 Å². The molecule has 2 rings (SSSR count). The van der Waals surface area contributed by atoms with Gasteiger partial charge in [0, 0.05) is 6.07 Å². The highest BCUT2D eigenvalue weighted by Crippen LogP contribution is 2.21. The van der Waals surface area contributed by atoms with E-state index in [0.717, 1.165) is 6.07 Å². The Balaban J connectivity index is 2.16. The Kier molecular flexibility index (Phi) is 3.40. The predicted molar refractivity (Wildman–Crippen MR) is 62.8 cm³/mol. The van der Waals surface area contributed by atoms with E-state index in [1.54, 1.807) is 30.3 Å². The molecule has 0 aliphatic heterocycles. The quantitative estimate of drug-likeness (QED) is 0.600. The molecule has 4 heteroatoms. The average molecular weight is 251 g/mol. The smallest absolute Gasteiger partial charge is 0.343 e. The summed E-state index contributed by atoms with van der Waals surface area (Å²) >= 11 is 5.58. The lowest BCUT2D eigenvalue weighted by Crippen LogP contribution is -2.08. The number of hydrogen-bond acceptors (Lipinski definition) is 2. The first-order chi connectivity index (χ1) is 8.16. The van der Waals surface area contributed by atoms with Gasteiger partial charge in [0.1, 0.15) is 11.6 Å². The largest absolute Gasteiger partial charge is 0.423 e. The first-order valence-corrected chi connectivity index (χ1v) is 5.27. The summed E-state index contributed by atoms with van der Waals surface area (Å²) in [7, 11) is 0. The summed E-state index contributed by atoms with van der Waals surface area (Å²) in [6.45, 7) is 0. The van der Waals surface area contributed by atoms with E-state index < -0.39 is 11.8 Å². The second-order valence-corrected chi connectivity index (χ2v) is 3.74. The zero-order chi connectivity index (χ0) is 12.3.